The summed E-state index contributed by atoms with van der Waals surface area (Å²) in [6.45, 7) is 6.91. The number of aromatic nitrogens is 4. The number of nitrogens with zero attached hydrogens (tertiary/aromatic N) is 6. The van der Waals surface area contributed by atoms with E-state index in [0.29, 0.717) is 40.6 Å². The molecule has 4 rings (SSSR count). The third-order valence-corrected chi connectivity index (χ3v) is 11.2. The molecule has 0 unspecified atom stereocenters. The molecule has 298 valence electrons. The first-order valence-electron chi connectivity index (χ1n) is 18.8. The first-order valence-corrected chi connectivity index (χ1v) is 20.4. The van der Waals surface area contributed by atoms with Gasteiger partial charge in [-0.3, -0.25) is 4.57 Å². The van der Waals surface area contributed by atoms with E-state index in [1.54, 1.807) is 41.0 Å². The maximum Gasteiger partial charge on any atom is 0.246 e. The third-order valence-electron chi connectivity index (χ3n) is 9.41. The lowest BCUT2D eigenvalue weighted by Gasteiger charge is -2.27. The van der Waals surface area contributed by atoms with Crippen LogP contribution in [0.5, 0.6) is 17.4 Å². The zero-order valence-electron chi connectivity index (χ0n) is 33.2. The zero-order valence-corrected chi connectivity index (χ0v) is 34.0. The first-order chi connectivity index (χ1) is 26.4. The number of para-hydroxylation sites is 1. The molecule has 0 fully saturated rings. The lowest BCUT2D eigenvalue weighted by molar-refractivity contribution is 0.121. The molecule has 4 aromatic rings. The lowest BCUT2D eigenvalue weighted by Crippen LogP contribution is -2.38. The van der Waals surface area contributed by atoms with Crippen molar-refractivity contribution in [2.24, 2.45) is 5.41 Å². The highest BCUT2D eigenvalue weighted by atomic mass is 32.2. The number of anilines is 1. The highest BCUT2D eigenvalue weighted by molar-refractivity contribution is 7.92. The van der Waals surface area contributed by atoms with Gasteiger partial charge in [0, 0.05) is 19.7 Å². The molecule has 0 aliphatic rings. The Kier molecular flexibility index (Phi) is 15.8. The zero-order chi connectivity index (χ0) is 40.0. The molecule has 0 aliphatic carbocycles. The number of sulfonamides is 1. The number of hydrogen-bond donors (Lipinski definition) is 0. The van der Waals surface area contributed by atoms with Crippen LogP contribution in [0.15, 0.2) is 54.6 Å². The number of benzene rings is 2. The molecule has 2 aromatic carbocycles. The molecule has 14 heteroatoms. The third kappa shape index (κ3) is 11.6. The molecule has 12 nitrogen and oxygen atoms in total. The van der Waals surface area contributed by atoms with Crippen LogP contribution in [-0.4, -0.2) is 68.9 Å². The van der Waals surface area contributed by atoms with Gasteiger partial charge in [-0.15, -0.1) is 10.2 Å². The molecular formula is C41H55FN6O6S. The van der Waals surface area contributed by atoms with Crippen LogP contribution in [-0.2, 0) is 14.8 Å². The van der Waals surface area contributed by atoms with Crippen molar-refractivity contribution in [1.29, 1.82) is 5.26 Å². The Morgan fingerprint density at radius 3 is 2.04 bits per heavy atom. The summed E-state index contributed by atoms with van der Waals surface area (Å²) in [4.78, 5) is 4.58. The number of pyridine rings is 1. The van der Waals surface area contributed by atoms with Crippen LogP contribution in [0.1, 0.15) is 102 Å². The van der Waals surface area contributed by atoms with Crippen LogP contribution in [0.2, 0.25) is 0 Å². The van der Waals surface area contributed by atoms with Crippen molar-refractivity contribution < 1.29 is 31.8 Å². The molecule has 0 saturated carbocycles. The van der Waals surface area contributed by atoms with Crippen LogP contribution in [0.4, 0.5) is 10.3 Å². The molecule has 0 spiro atoms. The lowest BCUT2D eigenvalue weighted by atomic mass is 9.89. The summed E-state index contributed by atoms with van der Waals surface area (Å²) in [7, 11) is 1.58. The van der Waals surface area contributed by atoms with E-state index < -0.39 is 27.7 Å². The smallest absolute Gasteiger partial charge is 0.246 e. The van der Waals surface area contributed by atoms with Crippen molar-refractivity contribution >= 4 is 16.0 Å². The Labute approximate surface area is 325 Å². The number of hydrogen-bond acceptors (Lipinski definition) is 10. The van der Waals surface area contributed by atoms with Crippen molar-refractivity contribution in [3.63, 3.8) is 0 Å². The molecule has 0 bridgehead atoms. The van der Waals surface area contributed by atoms with Crippen molar-refractivity contribution in [2.75, 3.05) is 45.0 Å². The van der Waals surface area contributed by atoms with E-state index >= 15 is 0 Å². The van der Waals surface area contributed by atoms with Gasteiger partial charge in [-0.25, -0.2) is 22.1 Å². The Hall–Kier alpha value is -4.74. The van der Waals surface area contributed by atoms with Crippen LogP contribution >= 0.6 is 0 Å². The normalized spacial score (nSPS) is 12.3. The van der Waals surface area contributed by atoms with E-state index in [4.69, 9.17) is 18.9 Å². The minimum atomic E-state index is -4.29. The van der Waals surface area contributed by atoms with E-state index in [0.717, 1.165) is 31.7 Å². The SMILES string of the molecule is COc1cccc(-c2nnc(N(CCCCCCCCCCCC(C)(C)C)S(=O)(=O)C[C@@H](OC)c3ccc(F)cc3C#N)n2-c2c(OC)cccc2OC)n1. The van der Waals surface area contributed by atoms with Gasteiger partial charge in [0.25, 0.3) is 0 Å². The maximum absolute atomic E-state index is 14.7. The van der Waals surface area contributed by atoms with Gasteiger partial charge in [-0.1, -0.05) is 90.3 Å². The van der Waals surface area contributed by atoms with Gasteiger partial charge in [-0.05, 0) is 54.2 Å². The van der Waals surface area contributed by atoms with Crippen molar-refractivity contribution in [2.45, 2.75) is 91.1 Å². The van der Waals surface area contributed by atoms with Gasteiger partial charge < -0.3 is 18.9 Å². The molecule has 0 N–H and O–H groups in total. The van der Waals surface area contributed by atoms with E-state index in [1.807, 2.05) is 6.07 Å². The van der Waals surface area contributed by atoms with E-state index in [1.165, 1.54) is 77.0 Å². The summed E-state index contributed by atoms with van der Waals surface area (Å²) in [6, 6.07) is 16.0. The fraction of sp³-hybridized carbons (Fsp3) is 0.512. The Morgan fingerprint density at radius 1 is 0.836 bits per heavy atom. The molecule has 2 aromatic heterocycles. The predicted octanol–water partition coefficient (Wildman–Crippen LogP) is 8.84. The maximum atomic E-state index is 14.7. The van der Waals surface area contributed by atoms with Gasteiger partial charge in [0.05, 0.1) is 44.8 Å². The fourth-order valence-electron chi connectivity index (χ4n) is 6.50. The van der Waals surface area contributed by atoms with Gasteiger partial charge >= 0.3 is 0 Å². The highest BCUT2D eigenvalue weighted by Gasteiger charge is 2.35. The molecule has 0 radical (unpaired) electrons. The summed E-state index contributed by atoms with van der Waals surface area (Å²) < 4.78 is 69.0. The number of methoxy groups -OCH3 is 4. The van der Waals surface area contributed by atoms with Gasteiger partial charge in [0.2, 0.25) is 21.9 Å². The van der Waals surface area contributed by atoms with Crippen molar-refractivity contribution in [3.05, 3.63) is 71.5 Å². The van der Waals surface area contributed by atoms with Crippen molar-refractivity contribution in [3.8, 4) is 40.7 Å². The minimum Gasteiger partial charge on any atom is -0.494 e. The second-order valence-corrected chi connectivity index (χ2v) is 16.6. The molecule has 0 amide bonds. The predicted molar refractivity (Wildman–Crippen MR) is 212 cm³/mol. The number of halogens is 1. The molecule has 2 heterocycles. The summed E-state index contributed by atoms with van der Waals surface area (Å²) in [6.07, 6.45) is 9.48. The molecule has 0 aliphatic heterocycles. The van der Waals surface area contributed by atoms with Crippen LogP contribution in [0, 0.1) is 22.6 Å². The summed E-state index contributed by atoms with van der Waals surface area (Å²) >= 11 is 0. The molecule has 0 saturated heterocycles. The highest BCUT2D eigenvalue weighted by Crippen LogP contribution is 2.39. The summed E-state index contributed by atoms with van der Waals surface area (Å²) in [5.74, 6) is 0.0882. The Morgan fingerprint density at radius 2 is 1.45 bits per heavy atom. The second-order valence-electron chi connectivity index (χ2n) is 14.6. The summed E-state index contributed by atoms with van der Waals surface area (Å²) in [5, 5.41) is 18.8. The number of ether oxygens (including phenoxy) is 4. The van der Waals surface area contributed by atoms with E-state index in [2.05, 4.69) is 36.0 Å². The van der Waals surface area contributed by atoms with E-state index in [9.17, 15) is 18.1 Å². The topological polar surface area (TPSA) is 142 Å². The second kappa shape index (κ2) is 20.3. The van der Waals surface area contributed by atoms with Crippen LogP contribution in [0.25, 0.3) is 17.2 Å². The molecule has 1 atom stereocenters. The average Bonchev–Trinajstić information content (AvgIpc) is 3.60. The van der Waals surface area contributed by atoms with Crippen molar-refractivity contribution in [1.82, 2.24) is 19.7 Å². The largest absolute Gasteiger partial charge is 0.494 e. The molecular weight excluding hydrogens is 724 g/mol. The van der Waals surface area contributed by atoms with Gasteiger partial charge in [0.15, 0.2) is 5.82 Å². The van der Waals surface area contributed by atoms with Gasteiger partial charge in [0.1, 0.15) is 28.7 Å². The van der Waals surface area contributed by atoms with Crippen LogP contribution in [0.3, 0.4) is 0 Å². The number of rotatable bonds is 22. The Bertz CT molecular complexity index is 1970. The quantitative estimate of drug-likeness (QED) is 0.0711. The van der Waals surface area contributed by atoms with Crippen LogP contribution < -0.4 is 18.5 Å². The summed E-state index contributed by atoms with van der Waals surface area (Å²) in [5.41, 5.74) is 1.33. The molecule has 55 heavy (non-hydrogen) atoms. The Balaban J connectivity index is 1.71. The standard InChI is InChI=1S/C41H55FN6O6S/c1-41(2,3)25-15-13-11-9-8-10-12-14-16-26-47(55(49,50)29-36(53-6)32-24-23-31(42)27-30(32)28-43)40-46-45-39(33-19-17-22-37(44-33)54-7)48(40)38-34(51-4)20-18-21-35(38)52-5/h17-24,27,36H,8-16,25-26,29H2,1-7H3/t36-/m1/s1. The fourth-order valence-corrected chi connectivity index (χ4v) is 8.15. The van der Waals surface area contributed by atoms with E-state index in [-0.39, 0.29) is 29.4 Å². The number of nitriles is 1. The minimum absolute atomic E-state index is 0.0175. The average molecular weight is 779 g/mol. The number of unbranched alkanes of at least 4 members (excludes halogenated alkanes) is 8. The first kappa shape index (κ1) is 43.0. The monoisotopic (exact) mass is 778 g/mol. The van der Waals surface area contributed by atoms with Gasteiger partial charge in [-0.2, -0.15) is 5.26 Å².